The number of nitrogens with one attached hydrogen (secondary N) is 1. The predicted molar refractivity (Wildman–Crippen MR) is 167 cm³/mol. The number of likely N-dealkylation sites (tertiary alicyclic amines) is 1. The normalized spacial score (nSPS) is 18.6. The fourth-order valence-corrected chi connectivity index (χ4v) is 7.55. The Balaban J connectivity index is 1.13. The van der Waals surface area contributed by atoms with Gasteiger partial charge < -0.3 is 14.7 Å². The minimum Gasteiger partial charge on any atom is -0.477 e. The van der Waals surface area contributed by atoms with E-state index in [9.17, 15) is 36.3 Å². The molecule has 1 atom stereocenters. The van der Waals surface area contributed by atoms with Crippen molar-refractivity contribution in [1.82, 2.24) is 34.2 Å². The number of hydrogen-bond donors (Lipinski definition) is 2. The molecular formula is C30H37ClF3N7O6S. The van der Waals surface area contributed by atoms with Crippen LogP contribution >= 0.6 is 11.6 Å². The smallest absolute Gasteiger partial charge is 0.407 e. The lowest BCUT2D eigenvalue weighted by Gasteiger charge is -2.28. The zero-order valence-corrected chi connectivity index (χ0v) is 28.2. The molecule has 4 heterocycles. The number of alkyl halides is 3. The Labute approximate surface area is 280 Å². The van der Waals surface area contributed by atoms with Gasteiger partial charge in [0.2, 0.25) is 5.88 Å². The van der Waals surface area contributed by atoms with E-state index in [1.165, 1.54) is 40.2 Å². The Morgan fingerprint density at radius 1 is 1.19 bits per heavy atom. The maximum atomic E-state index is 13.1. The molecule has 2 aliphatic rings. The maximum absolute atomic E-state index is 13.1. The number of aryl methyl sites for hydroxylation is 1. The lowest BCUT2D eigenvalue weighted by Crippen LogP contribution is -2.41. The van der Waals surface area contributed by atoms with Crippen molar-refractivity contribution in [2.75, 3.05) is 13.2 Å². The summed E-state index contributed by atoms with van der Waals surface area (Å²) in [5, 5.41) is 17.5. The van der Waals surface area contributed by atoms with Crippen LogP contribution in [0.2, 0.25) is 5.15 Å². The topological polar surface area (TPSA) is 162 Å². The van der Waals surface area contributed by atoms with Crippen LogP contribution in [0.1, 0.15) is 74.8 Å². The van der Waals surface area contributed by atoms with Gasteiger partial charge in [0.05, 0.1) is 29.5 Å². The second-order valence-electron chi connectivity index (χ2n) is 13.0. The quantitative estimate of drug-likeness (QED) is 0.169. The molecule has 0 aromatic carbocycles. The van der Waals surface area contributed by atoms with Crippen LogP contribution in [0, 0.1) is 18.3 Å². The molecule has 1 saturated heterocycles. The third-order valence-corrected chi connectivity index (χ3v) is 10.9. The number of carboxylic acid groups (broad SMARTS) is 1. The minimum atomic E-state index is -4.32. The van der Waals surface area contributed by atoms with Crippen molar-refractivity contribution < 1.29 is 41.0 Å². The summed E-state index contributed by atoms with van der Waals surface area (Å²) < 4.78 is 75.8. The van der Waals surface area contributed by atoms with Crippen LogP contribution in [-0.2, 0) is 16.6 Å². The third kappa shape index (κ3) is 7.56. The van der Waals surface area contributed by atoms with E-state index in [1.807, 2.05) is 18.6 Å². The highest BCUT2D eigenvalue weighted by molar-refractivity contribution is 7.90. The number of aromatic nitrogens is 5. The average Bonchev–Trinajstić information content (AvgIpc) is 3.31. The molecule has 5 rings (SSSR count). The summed E-state index contributed by atoms with van der Waals surface area (Å²) in [6.07, 6.45) is 0.559. The predicted octanol–water partition coefficient (Wildman–Crippen LogP) is 5.60. The molecular weight excluding hydrogens is 679 g/mol. The molecule has 48 heavy (non-hydrogen) atoms. The van der Waals surface area contributed by atoms with E-state index >= 15 is 0 Å². The Kier molecular flexibility index (Phi) is 9.76. The van der Waals surface area contributed by atoms with Crippen molar-refractivity contribution in [3.63, 3.8) is 0 Å². The van der Waals surface area contributed by atoms with Gasteiger partial charge in [-0.15, -0.1) is 5.10 Å². The van der Waals surface area contributed by atoms with E-state index < -0.39 is 39.2 Å². The number of carbonyl (C=O) groups is 2. The molecule has 0 bridgehead atoms. The molecule has 2 N–H and O–H groups in total. The zero-order valence-electron chi connectivity index (χ0n) is 26.6. The van der Waals surface area contributed by atoms with E-state index in [0.717, 1.165) is 19.3 Å². The van der Waals surface area contributed by atoms with Crippen LogP contribution < -0.4 is 9.46 Å². The van der Waals surface area contributed by atoms with E-state index in [2.05, 4.69) is 15.2 Å². The van der Waals surface area contributed by atoms with Crippen molar-refractivity contribution >= 4 is 33.6 Å². The summed E-state index contributed by atoms with van der Waals surface area (Å²) in [5.41, 5.74) is -1.96. The van der Waals surface area contributed by atoms with Gasteiger partial charge in [0.25, 0.3) is 15.9 Å². The number of carbonyl (C=O) groups excluding carboxylic acids is 1. The van der Waals surface area contributed by atoms with Crippen molar-refractivity contribution in [2.24, 2.45) is 11.3 Å². The summed E-state index contributed by atoms with van der Waals surface area (Å²) in [6, 6.07) is 4.10. The summed E-state index contributed by atoms with van der Waals surface area (Å²) in [4.78, 5) is 29.9. The van der Waals surface area contributed by atoms with Gasteiger partial charge in [0.1, 0.15) is 10.0 Å². The molecule has 2 fully saturated rings. The molecule has 1 aliphatic heterocycles. The number of rotatable bonds is 13. The second-order valence-corrected chi connectivity index (χ2v) is 15.0. The number of ether oxygens (including phenoxy) is 1. The third-order valence-electron chi connectivity index (χ3n) is 9.16. The van der Waals surface area contributed by atoms with Gasteiger partial charge in [-0.25, -0.2) is 27.6 Å². The summed E-state index contributed by atoms with van der Waals surface area (Å²) in [5.74, 6) is -0.512. The van der Waals surface area contributed by atoms with Crippen molar-refractivity contribution in [1.29, 1.82) is 0 Å². The van der Waals surface area contributed by atoms with Gasteiger partial charge in [-0.05, 0) is 77.3 Å². The van der Waals surface area contributed by atoms with Crippen LogP contribution in [-0.4, -0.2) is 79.8 Å². The zero-order chi connectivity index (χ0) is 35.1. The van der Waals surface area contributed by atoms with Gasteiger partial charge in [-0.2, -0.15) is 18.3 Å². The van der Waals surface area contributed by atoms with Gasteiger partial charge >= 0.3 is 12.3 Å². The van der Waals surface area contributed by atoms with E-state index in [1.54, 1.807) is 11.6 Å². The average molecular weight is 716 g/mol. The van der Waals surface area contributed by atoms with Crippen LogP contribution in [0.15, 0.2) is 35.5 Å². The molecule has 3 aromatic heterocycles. The maximum Gasteiger partial charge on any atom is 0.407 e. The van der Waals surface area contributed by atoms with Gasteiger partial charge in [-0.1, -0.05) is 18.0 Å². The second kappa shape index (κ2) is 13.2. The fraction of sp³-hybridized carbons (Fsp3) is 0.567. The Hall–Kier alpha value is -3.86. The number of hydrogen-bond acceptors (Lipinski definition) is 8. The van der Waals surface area contributed by atoms with Crippen molar-refractivity contribution in [3.05, 3.63) is 47.0 Å². The van der Waals surface area contributed by atoms with Gasteiger partial charge in [0, 0.05) is 30.9 Å². The number of amides is 2. The van der Waals surface area contributed by atoms with Crippen LogP contribution in [0.4, 0.5) is 18.0 Å². The molecule has 13 nitrogen and oxygen atoms in total. The van der Waals surface area contributed by atoms with Gasteiger partial charge in [-0.3, -0.25) is 9.48 Å². The van der Waals surface area contributed by atoms with Crippen molar-refractivity contribution in [3.8, 4) is 11.7 Å². The number of unbranched alkanes of at least 4 members (excludes halogenated alkanes) is 1. The number of nitrogens with zero attached hydrogens (tertiary/aromatic N) is 6. The first-order chi connectivity index (χ1) is 22.4. The lowest BCUT2D eigenvalue weighted by molar-refractivity contribution is -0.190. The first-order valence-electron chi connectivity index (χ1n) is 15.4. The fourth-order valence-electron chi connectivity index (χ4n) is 6.17. The molecule has 18 heteroatoms. The van der Waals surface area contributed by atoms with Crippen LogP contribution in [0.25, 0.3) is 5.82 Å². The molecule has 1 saturated carbocycles. The first-order valence-corrected chi connectivity index (χ1v) is 17.3. The van der Waals surface area contributed by atoms with Crippen molar-refractivity contribution in [2.45, 2.75) is 88.9 Å². The Morgan fingerprint density at radius 2 is 1.92 bits per heavy atom. The molecule has 2 amide bonds. The highest BCUT2D eigenvalue weighted by Crippen LogP contribution is 2.59. The van der Waals surface area contributed by atoms with E-state index in [0.29, 0.717) is 25.2 Å². The molecule has 3 aromatic rings. The minimum absolute atomic E-state index is 0.0829. The Bertz CT molecular complexity index is 1790. The van der Waals surface area contributed by atoms with E-state index in [4.69, 9.17) is 16.3 Å². The SMILES string of the molecule is Cc1c(S(=O)(=O)NC(=O)c2ccc(-n3ccc(OCCC4(C(F)(F)F)CC4)n3)nc2Cl)cnn1CCCCC1CN(C(=O)O)C(C)(C)C1. The highest BCUT2D eigenvalue weighted by Gasteiger charge is 2.62. The summed E-state index contributed by atoms with van der Waals surface area (Å²) in [6.45, 7) is 6.20. The number of sulfonamides is 1. The van der Waals surface area contributed by atoms with Crippen LogP contribution in [0.5, 0.6) is 5.88 Å². The van der Waals surface area contributed by atoms with Crippen LogP contribution in [0.3, 0.4) is 0 Å². The highest BCUT2D eigenvalue weighted by atomic mass is 35.5. The molecule has 1 unspecified atom stereocenters. The molecule has 0 spiro atoms. The number of pyridine rings is 1. The summed E-state index contributed by atoms with van der Waals surface area (Å²) >= 11 is 6.24. The molecule has 262 valence electrons. The summed E-state index contributed by atoms with van der Waals surface area (Å²) in [7, 11) is -4.32. The molecule has 0 radical (unpaired) electrons. The monoisotopic (exact) mass is 715 g/mol. The Morgan fingerprint density at radius 3 is 2.54 bits per heavy atom. The standard InChI is InChI=1S/C30H37ClF3N7O6S/c1-19-22(17-35-40(19)13-5-4-6-20-16-28(2,3)39(18-20)27(43)44)48(45,46)38-26(42)21-7-8-23(36-25(21)31)41-14-9-24(37-41)47-15-12-29(10-11-29)30(32,33)34/h7-9,14,17,20H,4-6,10-13,15-16,18H2,1-3H3,(H,38,42)(H,43,44). The first kappa shape index (κ1) is 35.4. The number of halogens is 4. The lowest BCUT2D eigenvalue weighted by atomic mass is 9.93. The largest absolute Gasteiger partial charge is 0.477 e. The van der Waals surface area contributed by atoms with Gasteiger partial charge in [0.15, 0.2) is 5.82 Å². The molecule has 1 aliphatic carbocycles. The van der Waals surface area contributed by atoms with E-state index in [-0.39, 0.29) is 59.1 Å².